The van der Waals surface area contributed by atoms with E-state index in [1.54, 1.807) is 0 Å². The summed E-state index contributed by atoms with van der Waals surface area (Å²) in [4.78, 5) is 36.5. The van der Waals surface area contributed by atoms with Gasteiger partial charge in [0, 0.05) is 5.92 Å². The van der Waals surface area contributed by atoms with Gasteiger partial charge >= 0.3 is 0 Å². The normalized spacial score (nSPS) is 18.8. The summed E-state index contributed by atoms with van der Waals surface area (Å²) in [6.45, 7) is 6.95. The summed E-state index contributed by atoms with van der Waals surface area (Å²) < 4.78 is 0. The van der Waals surface area contributed by atoms with Crippen LogP contribution in [0.5, 0.6) is 0 Å². The molecule has 1 unspecified atom stereocenters. The van der Waals surface area contributed by atoms with Crippen molar-refractivity contribution in [1.82, 2.24) is 10.2 Å². The highest BCUT2D eigenvalue weighted by molar-refractivity contribution is 5.88. The second-order valence-electron chi connectivity index (χ2n) is 5.85. The fraction of sp³-hybridized carbons (Fsp3) is 0.786. The zero-order chi connectivity index (χ0) is 15.3. The molecule has 1 rings (SSSR count). The molecule has 0 bridgehead atoms. The van der Waals surface area contributed by atoms with Crippen LogP contribution in [0.25, 0.3) is 0 Å². The topological polar surface area (TPSA) is 92.5 Å². The summed E-state index contributed by atoms with van der Waals surface area (Å²) >= 11 is 0. The lowest BCUT2D eigenvalue weighted by Gasteiger charge is -2.30. The van der Waals surface area contributed by atoms with E-state index in [0.29, 0.717) is 25.9 Å². The van der Waals surface area contributed by atoms with E-state index in [9.17, 15) is 14.4 Å². The molecular weight excluding hydrogens is 258 g/mol. The van der Waals surface area contributed by atoms with Crippen LogP contribution in [0.1, 0.15) is 33.6 Å². The molecule has 1 aliphatic heterocycles. The third-order valence-electron chi connectivity index (χ3n) is 3.78. The molecule has 114 valence electrons. The number of carbonyl (C=O) groups excluding carboxylic acids is 3. The van der Waals surface area contributed by atoms with E-state index >= 15 is 0 Å². The lowest BCUT2D eigenvalue weighted by atomic mass is 9.96. The first kappa shape index (κ1) is 16.6. The van der Waals surface area contributed by atoms with Crippen LogP contribution >= 0.6 is 0 Å². The number of nitrogens with one attached hydrogen (secondary N) is 1. The van der Waals surface area contributed by atoms with Gasteiger partial charge in [-0.05, 0) is 38.8 Å². The Hall–Kier alpha value is -1.43. The maximum absolute atomic E-state index is 11.9. The molecule has 20 heavy (non-hydrogen) atoms. The number of hydrogen-bond acceptors (Lipinski definition) is 4. The fourth-order valence-electron chi connectivity index (χ4n) is 2.54. The van der Waals surface area contributed by atoms with Crippen LogP contribution in [0.3, 0.4) is 0 Å². The predicted octanol–water partition coefficient (Wildman–Crippen LogP) is -0.0865. The van der Waals surface area contributed by atoms with Crippen molar-refractivity contribution < 1.29 is 14.4 Å². The molecule has 6 nitrogen and oxygen atoms in total. The molecule has 0 saturated carbocycles. The van der Waals surface area contributed by atoms with Crippen LogP contribution in [0.4, 0.5) is 0 Å². The van der Waals surface area contributed by atoms with Crippen LogP contribution < -0.4 is 11.1 Å². The van der Waals surface area contributed by atoms with Gasteiger partial charge in [0.15, 0.2) is 5.78 Å². The number of rotatable bonds is 6. The minimum absolute atomic E-state index is 0.0270. The second-order valence-corrected chi connectivity index (χ2v) is 5.85. The first-order chi connectivity index (χ1) is 9.31. The number of nitrogens with zero attached hydrogens (tertiary/aromatic N) is 1. The zero-order valence-electron chi connectivity index (χ0n) is 12.5. The maximum Gasteiger partial charge on any atom is 0.234 e. The molecule has 0 aromatic carbocycles. The van der Waals surface area contributed by atoms with E-state index in [1.165, 1.54) is 6.92 Å². The number of amides is 2. The van der Waals surface area contributed by atoms with Gasteiger partial charge in [-0.1, -0.05) is 13.8 Å². The number of carbonyl (C=O) groups is 3. The lowest BCUT2D eigenvalue weighted by molar-refractivity contribution is -0.129. The third-order valence-corrected chi connectivity index (χ3v) is 3.78. The molecule has 3 N–H and O–H groups in total. The highest BCUT2D eigenvalue weighted by Gasteiger charge is 2.26. The van der Waals surface area contributed by atoms with E-state index in [4.69, 9.17) is 5.73 Å². The Morgan fingerprint density at radius 2 is 1.80 bits per heavy atom. The van der Waals surface area contributed by atoms with Crippen LogP contribution in [0.15, 0.2) is 0 Å². The summed E-state index contributed by atoms with van der Waals surface area (Å²) in [7, 11) is 0. The van der Waals surface area contributed by atoms with Gasteiger partial charge in [-0.2, -0.15) is 0 Å². The van der Waals surface area contributed by atoms with Crippen molar-refractivity contribution in [2.75, 3.05) is 19.6 Å². The van der Waals surface area contributed by atoms with E-state index in [0.717, 1.165) is 0 Å². The predicted molar refractivity (Wildman–Crippen MR) is 75.8 cm³/mol. The van der Waals surface area contributed by atoms with Crippen molar-refractivity contribution in [3.63, 3.8) is 0 Å². The Balaban J connectivity index is 2.40. The van der Waals surface area contributed by atoms with Crippen molar-refractivity contribution in [2.24, 2.45) is 17.6 Å². The number of primary amides is 1. The summed E-state index contributed by atoms with van der Waals surface area (Å²) in [6, 6.07) is -0.425. The maximum atomic E-state index is 11.9. The highest BCUT2D eigenvalue weighted by atomic mass is 16.2. The molecule has 0 aliphatic carbocycles. The van der Waals surface area contributed by atoms with Crippen LogP contribution in [0.2, 0.25) is 0 Å². The smallest absolute Gasteiger partial charge is 0.234 e. The highest BCUT2D eigenvalue weighted by Crippen LogP contribution is 2.16. The molecule has 2 amide bonds. The third kappa shape index (κ3) is 4.92. The van der Waals surface area contributed by atoms with Gasteiger partial charge in [-0.15, -0.1) is 0 Å². The SMILES string of the molecule is CC(=O)C(NC(=O)CN1CCC(C(N)=O)CC1)C(C)C. The zero-order valence-corrected chi connectivity index (χ0v) is 12.5. The van der Waals surface area contributed by atoms with E-state index in [1.807, 2.05) is 18.7 Å². The van der Waals surface area contributed by atoms with Crippen molar-refractivity contribution in [1.29, 1.82) is 0 Å². The molecular formula is C14H25N3O3. The Morgan fingerprint density at radius 3 is 2.20 bits per heavy atom. The Kier molecular flexibility index (Phi) is 6.13. The average Bonchev–Trinajstić information content (AvgIpc) is 2.35. The monoisotopic (exact) mass is 283 g/mol. The minimum atomic E-state index is -0.425. The molecule has 1 aliphatic rings. The Bertz CT molecular complexity index is 374. The van der Waals surface area contributed by atoms with Crippen molar-refractivity contribution in [2.45, 2.75) is 39.7 Å². The Morgan fingerprint density at radius 1 is 1.25 bits per heavy atom. The van der Waals surface area contributed by atoms with Crippen molar-refractivity contribution in [3.8, 4) is 0 Å². The second kappa shape index (κ2) is 7.38. The van der Waals surface area contributed by atoms with Crippen LogP contribution in [-0.4, -0.2) is 48.2 Å². The largest absolute Gasteiger partial charge is 0.369 e. The number of hydrogen-bond donors (Lipinski definition) is 2. The number of likely N-dealkylation sites (tertiary alicyclic amines) is 1. The van der Waals surface area contributed by atoms with Crippen molar-refractivity contribution in [3.05, 3.63) is 0 Å². The average molecular weight is 283 g/mol. The number of nitrogens with two attached hydrogens (primary N) is 1. The van der Waals surface area contributed by atoms with Gasteiger partial charge in [0.05, 0.1) is 12.6 Å². The molecule has 0 aromatic rings. The van der Waals surface area contributed by atoms with Gasteiger partial charge in [0.2, 0.25) is 11.8 Å². The molecule has 6 heteroatoms. The first-order valence-electron chi connectivity index (χ1n) is 7.12. The van der Waals surface area contributed by atoms with Gasteiger partial charge in [-0.25, -0.2) is 0 Å². The molecule has 1 atom stereocenters. The number of Topliss-reactive ketones (excluding diaryl/α,β-unsaturated/α-hetero) is 1. The fourth-order valence-corrected chi connectivity index (χ4v) is 2.54. The van der Waals surface area contributed by atoms with Gasteiger partial charge in [0.25, 0.3) is 0 Å². The molecule has 0 radical (unpaired) electrons. The summed E-state index contributed by atoms with van der Waals surface area (Å²) in [5.74, 6) is -0.422. The molecule has 0 spiro atoms. The van der Waals surface area contributed by atoms with E-state index in [-0.39, 0.29) is 36.0 Å². The number of ketones is 1. The summed E-state index contributed by atoms with van der Waals surface area (Å²) in [5, 5.41) is 2.78. The van der Waals surface area contributed by atoms with Crippen LogP contribution in [0, 0.1) is 11.8 Å². The van der Waals surface area contributed by atoms with Gasteiger partial charge in [0.1, 0.15) is 0 Å². The standard InChI is InChI=1S/C14H25N3O3/c1-9(2)13(10(3)18)16-12(19)8-17-6-4-11(5-7-17)14(15)20/h9,11,13H,4-8H2,1-3H3,(H2,15,20)(H,16,19). The summed E-state index contributed by atoms with van der Waals surface area (Å²) in [6.07, 6.45) is 1.39. The van der Waals surface area contributed by atoms with E-state index < -0.39 is 6.04 Å². The van der Waals surface area contributed by atoms with Gasteiger partial charge in [-0.3, -0.25) is 19.3 Å². The van der Waals surface area contributed by atoms with Gasteiger partial charge < -0.3 is 11.1 Å². The van der Waals surface area contributed by atoms with Crippen LogP contribution in [-0.2, 0) is 14.4 Å². The molecule has 1 saturated heterocycles. The summed E-state index contributed by atoms with van der Waals surface area (Å²) in [5.41, 5.74) is 5.27. The number of piperidine rings is 1. The first-order valence-corrected chi connectivity index (χ1v) is 7.12. The van der Waals surface area contributed by atoms with Crippen molar-refractivity contribution >= 4 is 17.6 Å². The molecule has 0 aromatic heterocycles. The minimum Gasteiger partial charge on any atom is -0.369 e. The molecule has 1 heterocycles. The Labute approximate surface area is 120 Å². The quantitative estimate of drug-likeness (QED) is 0.713. The van der Waals surface area contributed by atoms with E-state index in [2.05, 4.69) is 5.32 Å². The molecule has 1 fully saturated rings. The lowest BCUT2D eigenvalue weighted by Crippen LogP contribution is -2.49.